The lowest BCUT2D eigenvalue weighted by atomic mass is 10.3. The number of carbonyl (C=O) groups excluding carboxylic acids is 2. The van der Waals surface area contributed by atoms with E-state index in [4.69, 9.17) is 0 Å². The topological polar surface area (TPSA) is 84.1 Å². The van der Waals surface area contributed by atoms with Crippen molar-refractivity contribution in [2.45, 2.75) is 0 Å². The zero-order valence-corrected chi connectivity index (χ0v) is 7.25. The molecule has 1 rings (SSSR count). The standard InChI is InChI=1S/C7H9N3O3/c1-8-6(11)4-3-5(10-9-4)7(12)13-2/h3H,1-2H3,(H,8,11)(H,9,10). The normalized spacial score (nSPS) is 9.38. The molecule has 0 radical (unpaired) electrons. The van der Waals surface area contributed by atoms with Crippen molar-refractivity contribution in [3.05, 3.63) is 17.5 Å². The van der Waals surface area contributed by atoms with Crippen LogP contribution in [0.5, 0.6) is 0 Å². The number of carbonyl (C=O) groups is 2. The minimum absolute atomic E-state index is 0.154. The molecule has 6 nitrogen and oxygen atoms in total. The molecule has 0 unspecified atom stereocenters. The number of nitrogens with one attached hydrogen (secondary N) is 2. The molecule has 1 aromatic heterocycles. The van der Waals surface area contributed by atoms with E-state index in [9.17, 15) is 9.59 Å². The maximum atomic E-state index is 11.0. The second kappa shape index (κ2) is 3.70. The monoisotopic (exact) mass is 183 g/mol. The SMILES string of the molecule is CNC(=O)c1cc(C(=O)OC)[nH]n1. The first-order chi connectivity index (χ1) is 6.19. The predicted molar refractivity (Wildman–Crippen MR) is 43.3 cm³/mol. The molecule has 0 aromatic carbocycles. The second-order valence-electron chi connectivity index (χ2n) is 2.24. The first-order valence-electron chi connectivity index (χ1n) is 3.55. The number of amides is 1. The summed E-state index contributed by atoms with van der Waals surface area (Å²) in [7, 11) is 2.73. The zero-order valence-electron chi connectivity index (χ0n) is 7.25. The van der Waals surface area contributed by atoms with Gasteiger partial charge < -0.3 is 10.1 Å². The molecule has 0 aliphatic heterocycles. The van der Waals surface area contributed by atoms with Gasteiger partial charge in [0.15, 0.2) is 5.69 Å². The summed E-state index contributed by atoms with van der Waals surface area (Å²) in [5.41, 5.74) is 0.309. The van der Waals surface area contributed by atoms with E-state index in [1.54, 1.807) is 0 Å². The van der Waals surface area contributed by atoms with E-state index in [0.29, 0.717) is 0 Å². The van der Waals surface area contributed by atoms with Gasteiger partial charge in [-0.15, -0.1) is 0 Å². The lowest BCUT2D eigenvalue weighted by Crippen LogP contribution is -2.18. The molecule has 1 aromatic rings. The van der Waals surface area contributed by atoms with Gasteiger partial charge in [0.1, 0.15) is 5.69 Å². The molecule has 0 saturated carbocycles. The number of rotatable bonds is 2. The number of esters is 1. The van der Waals surface area contributed by atoms with Crippen molar-refractivity contribution < 1.29 is 14.3 Å². The van der Waals surface area contributed by atoms with Crippen LogP contribution in [0.1, 0.15) is 21.0 Å². The first-order valence-corrected chi connectivity index (χ1v) is 3.55. The van der Waals surface area contributed by atoms with Crippen LogP contribution in [0, 0.1) is 0 Å². The average molecular weight is 183 g/mol. The van der Waals surface area contributed by atoms with E-state index < -0.39 is 5.97 Å². The molecule has 0 aliphatic carbocycles. The smallest absolute Gasteiger partial charge is 0.356 e. The van der Waals surface area contributed by atoms with Crippen LogP contribution in [0.25, 0.3) is 0 Å². The zero-order chi connectivity index (χ0) is 9.84. The van der Waals surface area contributed by atoms with Gasteiger partial charge in [-0.2, -0.15) is 5.10 Å². The Labute approximate surface area is 74.3 Å². The van der Waals surface area contributed by atoms with Crippen LogP contribution in [-0.4, -0.2) is 36.2 Å². The van der Waals surface area contributed by atoms with Crippen molar-refractivity contribution in [3.8, 4) is 0 Å². The Morgan fingerprint density at radius 3 is 2.85 bits per heavy atom. The molecule has 0 atom stereocenters. The minimum Gasteiger partial charge on any atom is -0.464 e. The Hall–Kier alpha value is -1.85. The third-order valence-electron chi connectivity index (χ3n) is 1.44. The van der Waals surface area contributed by atoms with E-state index in [-0.39, 0.29) is 17.3 Å². The Morgan fingerprint density at radius 1 is 1.62 bits per heavy atom. The molecule has 13 heavy (non-hydrogen) atoms. The van der Waals surface area contributed by atoms with Gasteiger partial charge in [-0.25, -0.2) is 4.79 Å². The predicted octanol–water partition coefficient (Wildman–Crippen LogP) is -0.444. The van der Waals surface area contributed by atoms with Crippen molar-refractivity contribution in [1.29, 1.82) is 0 Å². The van der Waals surface area contributed by atoms with Crippen molar-refractivity contribution in [2.24, 2.45) is 0 Å². The number of hydrogen-bond donors (Lipinski definition) is 2. The van der Waals surface area contributed by atoms with Gasteiger partial charge in [0, 0.05) is 13.1 Å². The molecule has 0 bridgehead atoms. The summed E-state index contributed by atoms with van der Waals surface area (Å²) in [4.78, 5) is 21.9. The lowest BCUT2D eigenvalue weighted by molar-refractivity contribution is 0.0594. The Bertz CT molecular complexity index is 301. The summed E-state index contributed by atoms with van der Waals surface area (Å²) in [5, 5.41) is 8.38. The fraction of sp³-hybridized carbons (Fsp3) is 0.286. The number of H-pyrrole nitrogens is 1. The Balaban J connectivity index is 2.86. The summed E-state index contributed by atoms with van der Waals surface area (Å²) in [6.07, 6.45) is 0. The number of methoxy groups -OCH3 is 1. The van der Waals surface area contributed by atoms with Crippen LogP contribution >= 0.6 is 0 Å². The van der Waals surface area contributed by atoms with Gasteiger partial charge >= 0.3 is 5.97 Å². The second-order valence-corrected chi connectivity index (χ2v) is 2.24. The number of hydrogen-bond acceptors (Lipinski definition) is 4. The summed E-state index contributed by atoms with van der Waals surface area (Å²) in [6.45, 7) is 0. The third kappa shape index (κ3) is 1.84. The fourth-order valence-corrected chi connectivity index (χ4v) is 0.781. The molecule has 0 spiro atoms. The van der Waals surface area contributed by atoms with Crippen LogP contribution in [-0.2, 0) is 4.74 Å². The van der Waals surface area contributed by atoms with Gasteiger partial charge in [-0.3, -0.25) is 9.89 Å². The Kier molecular flexibility index (Phi) is 2.63. The average Bonchev–Trinajstić information content (AvgIpc) is 2.64. The number of aromatic amines is 1. The third-order valence-corrected chi connectivity index (χ3v) is 1.44. The lowest BCUT2D eigenvalue weighted by Gasteiger charge is -1.91. The summed E-state index contributed by atoms with van der Waals surface area (Å²) >= 11 is 0. The molecule has 2 N–H and O–H groups in total. The molecular formula is C7H9N3O3. The minimum atomic E-state index is -0.553. The maximum Gasteiger partial charge on any atom is 0.356 e. The van der Waals surface area contributed by atoms with E-state index in [1.807, 2.05) is 0 Å². The van der Waals surface area contributed by atoms with Gasteiger partial charge in [-0.05, 0) is 0 Å². The quantitative estimate of drug-likeness (QED) is 0.608. The first kappa shape index (κ1) is 9.24. The summed E-state index contributed by atoms with van der Waals surface area (Å²) in [6, 6.07) is 1.32. The molecule has 1 heterocycles. The fourth-order valence-electron chi connectivity index (χ4n) is 0.781. The van der Waals surface area contributed by atoms with Gasteiger partial charge in [0.2, 0.25) is 0 Å². The van der Waals surface area contributed by atoms with Crippen molar-refractivity contribution in [2.75, 3.05) is 14.2 Å². The highest BCUT2D eigenvalue weighted by Gasteiger charge is 2.13. The van der Waals surface area contributed by atoms with Crippen LogP contribution in [0.15, 0.2) is 6.07 Å². The van der Waals surface area contributed by atoms with Crippen LogP contribution in [0.3, 0.4) is 0 Å². The van der Waals surface area contributed by atoms with Crippen molar-refractivity contribution >= 4 is 11.9 Å². The molecule has 0 saturated heterocycles. The number of aromatic nitrogens is 2. The molecule has 1 amide bonds. The van der Waals surface area contributed by atoms with E-state index in [1.165, 1.54) is 20.2 Å². The van der Waals surface area contributed by atoms with Crippen LogP contribution in [0.4, 0.5) is 0 Å². The number of ether oxygens (including phenoxy) is 1. The van der Waals surface area contributed by atoms with E-state index in [2.05, 4.69) is 20.3 Å². The molecule has 0 fully saturated rings. The molecular weight excluding hydrogens is 174 g/mol. The van der Waals surface area contributed by atoms with Crippen molar-refractivity contribution in [1.82, 2.24) is 15.5 Å². The highest BCUT2D eigenvalue weighted by atomic mass is 16.5. The largest absolute Gasteiger partial charge is 0.464 e. The van der Waals surface area contributed by atoms with Crippen LogP contribution < -0.4 is 5.32 Å². The highest BCUT2D eigenvalue weighted by molar-refractivity contribution is 5.95. The van der Waals surface area contributed by atoms with Gasteiger partial charge in [0.25, 0.3) is 5.91 Å². The molecule has 6 heteroatoms. The Morgan fingerprint density at radius 2 is 2.31 bits per heavy atom. The summed E-state index contributed by atoms with van der Waals surface area (Å²) in [5.74, 6) is -0.908. The van der Waals surface area contributed by atoms with Crippen molar-refractivity contribution in [3.63, 3.8) is 0 Å². The molecule has 0 aliphatic rings. The maximum absolute atomic E-state index is 11.0. The molecule has 70 valence electrons. The highest BCUT2D eigenvalue weighted by Crippen LogP contribution is 2.00. The summed E-state index contributed by atoms with van der Waals surface area (Å²) < 4.78 is 4.42. The number of nitrogens with zero attached hydrogens (tertiary/aromatic N) is 1. The van der Waals surface area contributed by atoms with Crippen LogP contribution in [0.2, 0.25) is 0 Å². The van der Waals surface area contributed by atoms with Gasteiger partial charge in [0.05, 0.1) is 7.11 Å². The van der Waals surface area contributed by atoms with E-state index in [0.717, 1.165) is 0 Å². The van der Waals surface area contributed by atoms with Gasteiger partial charge in [-0.1, -0.05) is 0 Å². The van der Waals surface area contributed by atoms with E-state index >= 15 is 0 Å².